The molecule has 21 heavy (non-hydrogen) atoms. The summed E-state index contributed by atoms with van der Waals surface area (Å²) < 4.78 is 1.58. The van der Waals surface area contributed by atoms with Crippen LogP contribution in [0.15, 0.2) is 11.6 Å². The smallest absolute Gasteiger partial charge is 0.241 e. The maximum Gasteiger partial charge on any atom is 0.241 e. The molecule has 0 saturated heterocycles. The van der Waals surface area contributed by atoms with Crippen LogP contribution in [0.5, 0.6) is 0 Å². The number of hydrogen-bond donors (Lipinski definition) is 1. The number of aromatic nitrogens is 4. The second-order valence-corrected chi connectivity index (χ2v) is 6.62. The number of rotatable bonds is 5. The zero-order valence-corrected chi connectivity index (χ0v) is 13.2. The lowest BCUT2D eigenvalue weighted by Crippen LogP contribution is -2.31. The lowest BCUT2D eigenvalue weighted by Gasteiger charge is -2.17. The number of carbonyl (C=O) groups excluding carboxylic acids is 1. The molecule has 1 N–H and O–H groups in total. The first kappa shape index (κ1) is 15.7. The van der Waals surface area contributed by atoms with Gasteiger partial charge in [0.2, 0.25) is 5.91 Å². The first-order valence-corrected chi connectivity index (χ1v) is 7.68. The molecule has 0 aromatic carbocycles. The van der Waals surface area contributed by atoms with Gasteiger partial charge in [-0.3, -0.25) is 4.79 Å². The van der Waals surface area contributed by atoms with Crippen molar-refractivity contribution in [1.82, 2.24) is 25.5 Å². The Balaban J connectivity index is 1.80. The average molecular weight is 291 g/mol. The van der Waals surface area contributed by atoms with Crippen LogP contribution in [0.4, 0.5) is 0 Å². The molecule has 0 bridgehead atoms. The highest BCUT2D eigenvalue weighted by Gasteiger charge is 2.22. The van der Waals surface area contributed by atoms with Crippen molar-refractivity contribution >= 4 is 5.91 Å². The van der Waals surface area contributed by atoms with Crippen LogP contribution in [-0.2, 0) is 16.8 Å². The van der Waals surface area contributed by atoms with Crippen LogP contribution in [0.2, 0.25) is 0 Å². The molecular formula is C15H25N5O. The van der Waals surface area contributed by atoms with E-state index in [0.717, 1.165) is 12.2 Å². The molecule has 0 fully saturated rings. The van der Waals surface area contributed by atoms with E-state index in [4.69, 9.17) is 0 Å². The molecule has 1 heterocycles. The van der Waals surface area contributed by atoms with E-state index in [1.165, 1.54) is 31.3 Å². The number of nitrogens with zero attached hydrogens (tertiary/aromatic N) is 4. The molecule has 2 rings (SSSR count). The van der Waals surface area contributed by atoms with Gasteiger partial charge in [-0.05, 0) is 42.5 Å². The lowest BCUT2D eigenvalue weighted by molar-refractivity contribution is -0.121. The van der Waals surface area contributed by atoms with Crippen molar-refractivity contribution in [1.29, 1.82) is 0 Å². The molecule has 0 radical (unpaired) electrons. The van der Waals surface area contributed by atoms with Crippen LogP contribution in [0.3, 0.4) is 0 Å². The van der Waals surface area contributed by atoms with Gasteiger partial charge in [-0.2, -0.15) is 0 Å². The maximum atomic E-state index is 12.0. The highest BCUT2D eigenvalue weighted by Crippen LogP contribution is 2.19. The van der Waals surface area contributed by atoms with Crippen molar-refractivity contribution in [2.45, 2.75) is 64.8 Å². The summed E-state index contributed by atoms with van der Waals surface area (Å²) in [7, 11) is 0. The van der Waals surface area contributed by atoms with E-state index in [9.17, 15) is 4.79 Å². The van der Waals surface area contributed by atoms with Gasteiger partial charge in [-0.15, -0.1) is 5.10 Å². The van der Waals surface area contributed by atoms with Crippen LogP contribution < -0.4 is 5.32 Å². The van der Waals surface area contributed by atoms with Gasteiger partial charge in [0.15, 0.2) is 5.82 Å². The molecule has 1 aromatic rings. The summed E-state index contributed by atoms with van der Waals surface area (Å²) in [6.07, 6.45) is 8.20. The molecular weight excluding hydrogens is 266 g/mol. The zero-order chi connectivity index (χ0) is 15.3. The van der Waals surface area contributed by atoms with Crippen molar-refractivity contribution < 1.29 is 4.79 Å². The Labute approximate surface area is 126 Å². The van der Waals surface area contributed by atoms with Crippen LogP contribution in [0, 0.1) is 0 Å². The Bertz CT molecular complexity index is 512. The fourth-order valence-corrected chi connectivity index (χ4v) is 2.53. The largest absolute Gasteiger partial charge is 0.354 e. The average Bonchev–Trinajstić information content (AvgIpc) is 2.88. The molecule has 0 spiro atoms. The minimum atomic E-state index is -0.170. The Morgan fingerprint density at radius 1 is 1.38 bits per heavy atom. The van der Waals surface area contributed by atoms with Crippen LogP contribution in [-0.4, -0.2) is 32.7 Å². The number of allylic oxidation sites excluding steroid dienone is 1. The van der Waals surface area contributed by atoms with Crippen LogP contribution in [0.1, 0.15) is 58.7 Å². The number of nitrogens with one attached hydrogen (secondary N) is 1. The van der Waals surface area contributed by atoms with E-state index < -0.39 is 0 Å². The quantitative estimate of drug-likeness (QED) is 0.842. The maximum absolute atomic E-state index is 12.0. The molecule has 6 nitrogen and oxygen atoms in total. The summed E-state index contributed by atoms with van der Waals surface area (Å²) in [5, 5.41) is 14.5. The van der Waals surface area contributed by atoms with Crippen LogP contribution >= 0.6 is 0 Å². The monoisotopic (exact) mass is 291 g/mol. The Morgan fingerprint density at radius 2 is 2.19 bits per heavy atom. The first-order valence-electron chi connectivity index (χ1n) is 7.68. The number of amides is 1. The molecule has 0 atom stereocenters. The van der Waals surface area contributed by atoms with Gasteiger partial charge in [0.05, 0.1) is 0 Å². The van der Waals surface area contributed by atoms with Gasteiger partial charge in [-0.25, -0.2) is 4.68 Å². The van der Waals surface area contributed by atoms with Gasteiger partial charge >= 0.3 is 0 Å². The third-order valence-corrected chi connectivity index (χ3v) is 3.65. The SMILES string of the molecule is CC(C)(C)c1nnnn1CC(=O)NCCC1=CCCCC1. The van der Waals surface area contributed by atoms with Crippen molar-refractivity contribution in [3.05, 3.63) is 17.5 Å². The molecule has 1 aromatic heterocycles. The summed E-state index contributed by atoms with van der Waals surface area (Å²) in [4.78, 5) is 12.0. The molecule has 1 aliphatic rings. The number of tetrazole rings is 1. The van der Waals surface area contributed by atoms with Gasteiger partial charge < -0.3 is 5.32 Å². The zero-order valence-electron chi connectivity index (χ0n) is 13.2. The molecule has 1 aliphatic carbocycles. The topological polar surface area (TPSA) is 72.7 Å². The van der Waals surface area contributed by atoms with Gasteiger partial charge in [0, 0.05) is 12.0 Å². The second kappa shape index (κ2) is 6.83. The van der Waals surface area contributed by atoms with E-state index in [1.54, 1.807) is 4.68 Å². The number of carbonyl (C=O) groups is 1. The minimum absolute atomic E-state index is 0.0378. The van der Waals surface area contributed by atoms with E-state index >= 15 is 0 Å². The van der Waals surface area contributed by atoms with E-state index in [1.807, 2.05) is 20.8 Å². The lowest BCUT2D eigenvalue weighted by atomic mass is 9.96. The molecule has 0 unspecified atom stereocenters. The van der Waals surface area contributed by atoms with Gasteiger partial charge in [0.25, 0.3) is 0 Å². The van der Waals surface area contributed by atoms with Crippen molar-refractivity contribution in [2.75, 3.05) is 6.54 Å². The Kier molecular flexibility index (Phi) is 5.09. The van der Waals surface area contributed by atoms with Gasteiger partial charge in [-0.1, -0.05) is 32.4 Å². The van der Waals surface area contributed by atoms with Crippen molar-refractivity contribution in [3.63, 3.8) is 0 Å². The fourth-order valence-electron chi connectivity index (χ4n) is 2.53. The highest BCUT2D eigenvalue weighted by molar-refractivity contribution is 5.75. The highest BCUT2D eigenvalue weighted by atomic mass is 16.2. The Morgan fingerprint density at radius 3 is 2.86 bits per heavy atom. The predicted octanol–water partition coefficient (Wildman–Crippen LogP) is 1.98. The van der Waals surface area contributed by atoms with Crippen molar-refractivity contribution in [2.24, 2.45) is 0 Å². The third-order valence-electron chi connectivity index (χ3n) is 3.65. The second-order valence-electron chi connectivity index (χ2n) is 6.62. The van der Waals surface area contributed by atoms with E-state index in [0.29, 0.717) is 6.54 Å². The molecule has 6 heteroatoms. The fraction of sp³-hybridized carbons (Fsp3) is 0.733. The normalized spacial score (nSPS) is 15.7. The summed E-state index contributed by atoms with van der Waals surface area (Å²) in [6, 6.07) is 0. The molecule has 116 valence electrons. The first-order chi connectivity index (χ1) is 9.97. The van der Waals surface area contributed by atoms with E-state index in [2.05, 4.69) is 26.9 Å². The third kappa shape index (κ3) is 4.65. The van der Waals surface area contributed by atoms with Crippen molar-refractivity contribution in [3.8, 4) is 0 Å². The number of hydrogen-bond acceptors (Lipinski definition) is 4. The molecule has 0 aliphatic heterocycles. The summed E-state index contributed by atoms with van der Waals surface area (Å²) in [6.45, 7) is 6.96. The minimum Gasteiger partial charge on any atom is -0.354 e. The standard InChI is InChI=1S/C15H25N5O/c1-15(2,3)14-17-18-19-20(14)11-13(21)16-10-9-12-7-5-4-6-8-12/h7H,4-6,8-11H2,1-3H3,(H,16,21). The van der Waals surface area contributed by atoms with E-state index in [-0.39, 0.29) is 17.9 Å². The molecule has 1 amide bonds. The predicted molar refractivity (Wildman–Crippen MR) is 80.7 cm³/mol. The van der Waals surface area contributed by atoms with Crippen LogP contribution in [0.25, 0.3) is 0 Å². The summed E-state index contributed by atoms with van der Waals surface area (Å²) in [5.74, 6) is 0.692. The molecule has 0 saturated carbocycles. The summed E-state index contributed by atoms with van der Waals surface area (Å²) >= 11 is 0. The van der Waals surface area contributed by atoms with Gasteiger partial charge in [0.1, 0.15) is 6.54 Å². The Hall–Kier alpha value is -1.72. The summed E-state index contributed by atoms with van der Waals surface area (Å²) in [5.41, 5.74) is 1.30.